The number of rotatable bonds is 3. The van der Waals surface area contributed by atoms with Gasteiger partial charge in [-0.15, -0.1) is 0 Å². The van der Waals surface area contributed by atoms with Gasteiger partial charge in [0.1, 0.15) is 5.75 Å². The molecule has 1 saturated heterocycles. The molecule has 2 saturated carbocycles. The zero-order valence-corrected chi connectivity index (χ0v) is 15.6. The fourth-order valence-electron chi connectivity index (χ4n) is 5.61. The number of allylic oxidation sites excluding steroid dienone is 2. The highest BCUT2D eigenvalue weighted by atomic mass is 16.5. The smallest absolute Gasteiger partial charge is 0.343 e. The van der Waals surface area contributed by atoms with Crippen LogP contribution in [0.5, 0.6) is 5.75 Å². The van der Waals surface area contributed by atoms with Crippen LogP contribution in [-0.2, 0) is 9.59 Å². The highest BCUT2D eigenvalue weighted by Gasteiger charge is 2.67. The van der Waals surface area contributed by atoms with Crippen molar-refractivity contribution in [3.05, 3.63) is 72.3 Å². The van der Waals surface area contributed by atoms with Crippen molar-refractivity contribution < 1.29 is 19.1 Å². The molecule has 0 N–H and O–H groups in total. The van der Waals surface area contributed by atoms with Crippen molar-refractivity contribution in [2.45, 2.75) is 6.42 Å². The largest absolute Gasteiger partial charge is 0.423 e. The van der Waals surface area contributed by atoms with Gasteiger partial charge < -0.3 is 4.74 Å². The number of carbonyl (C=O) groups excluding carboxylic acids is 3. The molecule has 2 bridgehead atoms. The van der Waals surface area contributed by atoms with E-state index in [1.807, 2.05) is 6.07 Å². The van der Waals surface area contributed by atoms with Gasteiger partial charge in [-0.1, -0.05) is 30.4 Å². The number of nitrogens with zero attached hydrogens (tertiary/aromatic N) is 1. The number of ether oxygens (including phenoxy) is 1. The Balaban J connectivity index is 1.23. The lowest BCUT2D eigenvalue weighted by Gasteiger charge is -2.37. The molecule has 6 unspecified atom stereocenters. The summed E-state index contributed by atoms with van der Waals surface area (Å²) < 4.78 is 5.39. The first-order chi connectivity index (χ1) is 14.1. The number of anilines is 1. The first kappa shape index (κ1) is 16.7. The van der Waals surface area contributed by atoms with Gasteiger partial charge in [0.25, 0.3) is 0 Å². The van der Waals surface area contributed by atoms with Crippen LogP contribution >= 0.6 is 0 Å². The van der Waals surface area contributed by atoms with Gasteiger partial charge in [-0.2, -0.15) is 0 Å². The molecule has 2 aromatic rings. The minimum atomic E-state index is -0.445. The summed E-state index contributed by atoms with van der Waals surface area (Å²) in [5.74, 6) is 0.934. The molecule has 5 aliphatic rings. The van der Waals surface area contributed by atoms with Gasteiger partial charge in [-0.3, -0.25) is 14.5 Å². The van der Waals surface area contributed by atoms with E-state index in [-0.39, 0.29) is 35.5 Å². The Labute approximate surface area is 168 Å². The van der Waals surface area contributed by atoms with Gasteiger partial charge in [0.2, 0.25) is 11.8 Å². The summed E-state index contributed by atoms with van der Waals surface area (Å²) in [5, 5.41) is 0. The van der Waals surface area contributed by atoms with Crippen LogP contribution in [0.2, 0.25) is 0 Å². The zero-order valence-electron chi connectivity index (χ0n) is 15.6. The second-order valence-corrected chi connectivity index (χ2v) is 8.42. The molecule has 144 valence electrons. The Morgan fingerprint density at radius 2 is 1.41 bits per heavy atom. The Kier molecular flexibility index (Phi) is 3.40. The van der Waals surface area contributed by atoms with Crippen molar-refractivity contribution in [1.82, 2.24) is 0 Å². The second-order valence-electron chi connectivity index (χ2n) is 8.42. The molecule has 0 spiro atoms. The van der Waals surface area contributed by atoms with Gasteiger partial charge in [0.05, 0.1) is 23.1 Å². The van der Waals surface area contributed by atoms with Crippen LogP contribution in [0.3, 0.4) is 0 Å². The molecule has 2 aromatic carbocycles. The molecule has 7 rings (SSSR count). The Bertz CT molecular complexity index is 1020. The summed E-state index contributed by atoms with van der Waals surface area (Å²) in [5.41, 5.74) is 1.01. The van der Waals surface area contributed by atoms with E-state index in [4.69, 9.17) is 4.74 Å². The van der Waals surface area contributed by atoms with Crippen LogP contribution in [0.25, 0.3) is 0 Å². The average Bonchev–Trinajstić information content (AvgIpc) is 3.53. The standard InChI is InChI=1S/C24H19NO4/c26-22-20-16-10-11-17(19-12-18(16)19)21(20)23(27)25(22)14-6-8-15(9-7-14)29-24(28)13-4-2-1-3-5-13/h1-11,16-21H,12H2. The molecule has 6 atom stereocenters. The average molecular weight is 385 g/mol. The summed E-state index contributed by atoms with van der Waals surface area (Å²) in [7, 11) is 0. The summed E-state index contributed by atoms with van der Waals surface area (Å²) in [6, 6.07) is 15.4. The number of imide groups is 1. The summed E-state index contributed by atoms with van der Waals surface area (Å²) in [6.07, 6.45) is 5.49. The molecule has 4 aliphatic carbocycles. The van der Waals surface area contributed by atoms with Crippen molar-refractivity contribution in [2.75, 3.05) is 4.90 Å². The van der Waals surface area contributed by atoms with E-state index in [2.05, 4.69) is 12.2 Å². The van der Waals surface area contributed by atoms with E-state index in [9.17, 15) is 14.4 Å². The van der Waals surface area contributed by atoms with Gasteiger partial charge in [-0.05, 0) is 66.5 Å². The second kappa shape index (κ2) is 5.89. The number of esters is 1. The Hall–Kier alpha value is -3.21. The van der Waals surface area contributed by atoms with Gasteiger partial charge >= 0.3 is 5.97 Å². The lowest BCUT2D eigenvalue weighted by molar-refractivity contribution is -0.124. The summed E-state index contributed by atoms with van der Waals surface area (Å²) in [6.45, 7) is 0. The molecular weight excluding hydrogens is 366 g/mol. The zero-order chi connectivity index (χ0) is 19.7. The molecule has 0 aromatic heterocycles. The normalized spacial score (nSPS) is 33.4. The van der Waals surface area contributed by atoms with Gasteiger partial charge in [0, 0.05) is 0 Å². The number of hydrogen-bond donors (Lipinski definition) is 0. The Morgan fingerprint density at radius 3 is 2.00 bits per heavy atom. The predicted molar refractivity (Wildman–Crippen MR) is 105 cm³/mol. The number of amides is 2. The van der Waals surface area contributed by atoms with Crippen molar-refractivity contribution in [3.8, 4) is 5.75 Å². The third kappa shape index (κ3) is 2.36. The maximum Gasteiger partial charge on any atom is 0.343 e. The van der Waals surface area contributed by atoms with Crippen LogP contribution in [0.1, 0.15) is 16.8 Å². The minimum absolute atomic E-state index is 0.0845. The molecule has 0 radical (unpaired) electrons. The van der Waals surface area contributed by atoms with Crippen LogP contribution in [0.4, 0.5) is 5.69 Å². The highest BCUT2D eigenvalue weighted by molar-refractivity contribution is 6.22. The van der Waals surface area contributed by atoms with Crippen molar-refractivity contribution >= 4 is 23.5 Å². The monoisotopic (exact) mass is 385 g/mol. The SMILES string of the molecule is O=C(Oc1ccc(N2C(=O)C3C4C=CC(C5CC45)C3C2=O)cc1)c1ccccc1. The van der Waals surface area contributed by atoms with Crippen molar-refractivity contribution in [3.63, 3.8) is 0 Å². The fraction of sp³-hybridized carbons (Fsp3) is 0.292. The molecule has 5 nitrogen and oxygen atoms in total. The topological polar surface area (TPSA) is 63.7 Å². The minimum Gasteiger partial charge on any atom is -0.423 e. The maximum absolute atomic E-state index is 13.1. The molecular formula is C24H19NO4. The van der Waals surface area contributed by atoms with E-state index in [1.54, 1.807) is 48.5 Å². The van der Waals surface area contributed by atoms with E-state index >= 15 is 0 Å². The first-order valence-electron chi connectivity index (χ1n) is 10.1. The molecule has 1 heterocycles. The number of hydrogen-bond acceptors (Lipinski definition) is 4. The fourth-order valence-corrected chi connectivity index (χ4v) is 5.61. The third-order valence-electron chi connectivity index (χ3n) is 6.98. The lowest BCUT2D eigenvalue weighted by Crippen LogP contribution is -2.40. The van der Waals surface area contributed by atoms with Gasteiger partial charge in [0.15, 0.2) is 0 Å². The molecule has 1 aliphatic heterocycles. The van der Waals surface area contributed by atoms with E-state index in [0.717, 1.165) is 6.42 Å². The number of benzene rings is 2. The molecule has 29 heavy (non-hydrogen) atoms. The molecule has 3 fully saturated rings. The number of carbonyl (C=O) groups is 3. The van der Waals surface area contributed by atoms with Crippen molar-refractivity contribution in [2.24, 2.45) is 35.5 Å². The maximum atomic E-state index is 13.1. The third-order valence-corrected chi connectivity index (χ3v) is 6.98. The molecule has 5 heteroatoms. The highest BCUT2D eigenvalue weighted by Crippen LogP contribution is 2.65. The van der Waals surface area contributed by atoms with Crippen molar-refractivity contribution in [1.29, 1.82) is 0 Å². The predicted octanol–water partition coefficient (Wildman–Crippen LogP) is 3.46. The van der Waals surface area contributed by atoms with Crippen LogP contribution in [0.15, 0.2) is 66.7 Å². The van der Waals surface area contributed by atoms with E-state index < -0.39 is 5.97 Å². The van der Waals surface area contributed by atoms with Crippen LogP contribution < -0.4 is 9.64 Å². The van der Waals surface area contributed by atoms with Crippen LogP contribution in [0, 0.1) is 35.5 Å². The van der Waals surface area contributed by atoms with E-state index in [1.165, 1.54) is 4.90 Å². The van der Waals surface area contributed by atoms with Crippen LogP contribution in [-0.4, -0.2) is 17.8 Å². The van der Waals surface area contributed by atoms with E-state index in [0.29, 0.717) is 28.8 Å². The lowest BCUT2D eigenvalue weighted by atomic mass is 9.63. The molecule has 2 amide bonds. The summed E-state index contributed by atoms with van der Waals surface area (Å²) in [4.78, 5) is 39.8. The first-order valence-corrected chi connectivity index (χ1v) is 10.1. The quantitative estimate of drug-likeness (QED) is 0.351. The van der Waals surface area contributed by atoms with Gasteiger partial charge in [-0.25, -0.2) is 4.79 Å². The Morgan fingerprint density at radius 1 is 0.828 bits per heavy atom. The summed E-state index contributed by atoms with van der Waals surface area (Å²) >= 11 is 0.